The second-order valence-electron chi connectivity index (χ2n) is 4.01. The van der Waals surface area contributed by atoms with E-state index in [1.165, 1.54) is 0 Å². The lowest BCUT2D eigenvalue weighted by Crippen LogP contribution is -1.95. The molecule has 5 heteroatoms. The number of hydrogen-bond acceptors (Lipinski definition) is 5. The highest BCUT2D eigenvalue weighted by Crippen LogP contribution is 2.18. The smallest absolute Gasteiger partial charge is 0.257 e. The average molecular weight is 247 g/mol. The Hall–Kier alpha value is -1.72. The lowest BCUT2D eigenvalue weighted by atomic mass is 10.1. The number of hydrogen-bond donors (Lipinski definition) is 1. The van der Waals surface area contributed by atoms with Crippen molar-refractivity contribution in [1.82, 2.24) is 10.1 Å². The van der Waals surface area contributed by atoms with Gasteiger partial charge in [-0.3, -0.25) is 0 Å². The standard InChI is InChI=1S/C13H17N3O2/c1-17-8-2-3-12-15-13(18-16-12)11-6-4-10(9-14)5-7-11/h4-7H,2-3,8-9,14H2,1H3. The van der Waals surface area contributed by atoms with Gasteiger partial charge in [0, 0.05) is 32.2 Å². The van der Waals surface area contributed by atoms with Crippen LogP contribution >= 0.6 is 0 Å². The summed E-state index contributed by atoms with van der Waals surface area (Å²) in [6.45, 7) is 1.24. The summed E-state index contributed by atoms with van der Waals surface area (Å²) >= 11 is 0. The number of nitrogens with two attached hydrogens (primary N) is 1. The number of benzene rings is 1. The highest BCUT2D eigenvalue weighted by Gasteiger charge is 2.08. The highest BCUT2D eigenvalue weighted by atomic mass is 16.5. The summed E-state index contributed by atoms with van der Waals surface area (Å²) in [4.78, 5) is 4.34. The molecule has 0 atom stereocenters. The first-order valence-corrected chi connectivity index (χ1v) is 5.94. The van der Waals surface area contributed by atoms with Gasteiger partial charge >= 0.3 is 0 Å². The molecule has 0 saturated heterocycles. The Bertz CT molecular complexity index is 479. The molecule has 2 N–H and O–H groups in total. The molecule has 96 valence electrons. The van der Waals surface area contributed by atoms with Crippen LogP contribution in [0.3, 0.4) is 0 Å². The fourth-order valence-corrected chi connectivity index (χ4v) is 1.63. The van der Waals surface area contributed by atoms with Crippen molar-refractivity contribution in [3.05, 3.63) is 35.7 Å². The minimum atomic E-state index is 0.534. The van der Waals surface area contributed by atoms with Gasteiger partial charge in [-0.15, -0.1) is 0 Å². The van der Waals surface area contributed by atoms with Crippen molar-refractivity contribution in [1.29, 1.82) is 0 Å². The Morgan fingerprint density at radius 2 is 2.06 bits per heavy atom. The van der Waals surface area contributed by atoms with Gasteiger partial charge in [-0.05, 0) is 24.1 Å². The third-order valence-corrected chi connectivity index (χ3v) is 2.65. The second-order valence-corrected chi connectivity index (χ2v) is 4.01. The van der Waals surface area contributed by atoms with Crippen molar-refractivity contribution >= 4 is 0 Å². The van der Waals surface area contributed by atoms with E-state index in [9.17, 15) is 0 Å². The monoisotopic (exact) mass is 247 g/mol. The van der Waals surface area contributed by atoms with Gasteiger partial charge in [0.25, 0.3) is 5.89 Å². The first kappa shape index (κ1) is 12.7. The molecule has 5 nitrogen and oxygen atoms in total. The SMILES string of the molecule is COCCCc1noc(-c2ccc(CN)cc2)n1. The van der Waals surface area contributed by atoms with Crippen molar-refractivity contribution in [3.63, 3.8) is 0 Å². The summed E-state index contributed by atoms with van der Waals surface area (Å²) in [6, 6.07) is 7.80. The number of aryl methyl sites for hydroxylation is 1. The minimum absolute atomic E-state index is 0.534. The number of nitrogens with zero attached hydrogens (tertiary/aromatic N) is 2. The zero-order chi connectivity index (χ0) is 12.8. The molecule has 1 aromatic carbocycles. The number of ether oxygens (including phenoxy) is 1. The van der Waals surface area contributed by atoms with Gasteiger partial charge in [-0.1, -0.05) is 17.3 Å². The second kappa shape index (κ2) is 6.28. The van der Waals surface area contributed by atoms with Crippen LogP contribution in [0.2, 0.25) is 0 Å². The minimum Gasteiger partial charge on any atom is -0.385 e. The molecular weight excluding hydrogens is 230 g/mol. The molecule has 0 bridgehead atoms. The van der Waals surface area contributed by atoms with Crippen molar-refractivity contribution in [3.8, 4) is 11.5 Å². The fraction of sp³-hybridized carbons (Fsp3) is 0.385. The van der Waals surface area contributed by atoms with E-state index in [4.69, 9.17) is 15.0 Å². The molecule has 0 saturated carbocycles. The lowest BCUT2D eigenvalue weighted by Gasteiger charge is -1.97. The molecule has 0 aliphatic rings. The predicted octanol–water partition coefficient (Wildman–Crippen LogP) is 1.77. The first-order valence-electron chi connectivity index (χ1n) is 5.94. The van der Waals surface area contributed by atoms with E-state index in [0.717, 1.165) is 24.0 Å². The summed E-state index contributed by atoms with van der Waals surface area (Å²) in [7, 11) is 1.68. The van der Waals surface area contributed by atoms with E-state index in [-0.39, 0.29) is 0 Å². The van der Waals surface area contributed by atoms with E-state index in [2.05, 4.69) is 10.1 Å². The first-order chi connectivity index (χ1) is 8.83. The summed E-state index contributed by atoms with van der Waals surface area (Å²) in [5.74, 6) is 1.26. The highest BCUT2D eigenvalue weighted by molar-refractivity contribution is 5.53. The summed E-state index contributed by atoms with van der Waals surface area (Å²) in [5, 5.41) is 3.94. The van der Waals surface area contributed by atoms with Crippen LogP contribution in [0.15, 0.2) is 28.8 Å². The summed E-state index contributed by atoms with van der Waals surface area (Å²) in [6.07, 6.45) is 1.65. The van der Waals surface area contributed by atoms with Crippen molar-refractivity contribution < 1.29 is 9.26 Å². The maximum atomic E-state index is 5.55. The van der Waals surface area contributed by atoms with Gasteiger partial charge in [0.05, 0.1) is 0 Å². The molecule has 0 unspecified atom stereocenters. The van der Waals surface area contributed by atoms with Crippen molar-refractivity contribution in [2.75, 3.05) is 13.7 Å². The van der Waals surface area contributed by atoms with Crippen LogP contribution in [0, 0.1) is 0 Å². The quantitative estimate of drug-likeness (QED) is 0.787. The normalized spacial score (nSPS) is 10.8. The summed E-state index contributed by atoms with van der Waals surface area (Å²) < 4.78 is 10.2. The molecule has 1 heterocycles. The molecule has 0 spiro atoms. The predicted molar refractivity (Wildman–Crippen MR) is 67.8 cm³/mol. The van der Waals surface area contributed by atoms with Crippen LogP contribution in [0.25, 0.3) is 11.5 Å². The molecule has 0 amide bonds. The van der Waals surface area contributed by atoms with Crippen molar-refractivity contribution in [2.24, 2.45) is 5.73 Å². The van der Waals surface area contributed by atoms with E-state index in [0.29, 0.717) is 24.9 Å². The zero-order valence-corrected chi connectivity index (χ0v) is 10.4. The molecule has 0 fully saturated rings. The van der Waals surface area contributed by atoms with E-state index < -0.39 is 0 Å². The van der Waals surface area contributed by atoms with Crippen LogP contribution in [0.1, 0.15) is 17.8 Å². The maximum absolute atomic E-state index is 5.55. The molecule has 0 aliphatic heterocycles. The van der Waals surface area contributed by atoms with Crippen LogP contribution in [-0.2, 0) is 17.7 Å². The van der Waals surface area contributed by atoms with Gasteiger partial charge in [-0.25, -0.2) is 0 Å². The largest absolute Gasteiger partial charge is 0.385 e. The maximum Gasteiger partial charge on any atom is 0.257 e. The third-order valence-electron chi connectivity index (χ3n) is 2.65. The van der Waals surface area contributed by atoms with Crippen LogP contribution < -0.4 is 5.73 Å². The van der Waals surface area contributed by atoms with Crippen LogP contribution in [-0.4, -0.2) is 23.9 Å². The molecule has 2 aromatic rings. The number of methoxy groups -OCH3 is 1. The van der Waals surface area contributed by atoms with E-state index in [1.54, 1.807) is 7.11 Å². The van der Waals surface area contributed by atoms with Gasteiger partial charge < -0.3 is 15.0 Å². The zero-order valence-electron chi connectivity index (χ0n) is 10.4. The molecule has 2 rings (SSSR count). The van der Waals surface area contributed by atoms with Gasteiger partial charge in [0.2, 0.25) is 0 Å². The molecule has 1 aromatic heterocycles. The number of aromatic nitrogens is 2. The van der Waals surface area contributed by atoms with Crippen molar-refractivity contribution in [2.45, 2.75) is 19.4 Å². The van der Waals surface area contributed by atoms with Gasteiger partial charge in [0.15, 0.2) is 5.82 Å². The lowest BCUT2D eigenvalue weighted by molar-refractivity contribution is 0.194. The Labute approximate surface area is 106 Å². The molecule has 18 heavy (non-hydrogen) atoms. The third kappa shape index (κ3) is 3.15. The van der Waals surface area contributed by atoms with Crippen LogP contribution in [0.4, 0.5) is 0 Å². The Morgan fingerprint density at radius 1 is 1.28 bits per heavy atom. The van der Waals surface area contributed by atoms with E-state index in [1.807, 2.05) is 24.3 Å². The topological polar surface area (TPSA) is 74.2 Å². The van der Waals surface area contributed by atoms with E-state index >= 15 is 0 Å². The summed E-state index contributed by atoms with van der Waals surface area (Å²) in [5.41, 5.74) is 7.54. The van der Waals surface area contributed by atoms with Gasteiger partial charge in [-0.2, -0.15) is 4.98 Å². The van der Waals surface area contributed by atoms with Crippen LogP contribution in [0.5, 0.6) is 0 Å². The Kier molecular flexibility index (Phi) is 4.44. The number of rotatable bonds is 6. The van der Waals surface area contributed by atoms with Gasteiger partial charge in [0.1, 0.15) is 0 Å². The molecular formula is C13H17N3O2. The fourth-order valence-electron chi connectivity index (χ4n) is 1.63. The average Bonchev–Trinajstić information content (AvgIpc) is 2.88. The Morgan fingerprint density at radius 3 is 2.72 bits per heavy atom. The Balaban J connectivity index is 2.04. The molecule has 0 radical (unpaired) electrons. The molecule has 0 aliphatic carbocycles.